The van der Waals surface area contributed by atoms with E-state index in [2.05, 4.69) is 4.98 Å². The molecule has 1 rings (SSSR count). The largest absolute Gasteiger partial charge is 0.383 e. The zero-order valence-corrected chi connectivity index (χ0v) is 7.79. The van der Waals surface area contributed by atoms with E-state index < -0.39 is 0 Å². The van der Waals surface area contributed by atoms with Gasteiger partial charge in [-0.2, -0.15) is 0 Å². The molecule has 0 spiro atoms. The molecule has 4 nitrogen and oxygen atoms in total. The van der Waals surface area contributed by atoms with E-state index in [4.69, 9.17) is 11.5 Å². The van der Waals surface area contributed by atoms with Crippen LogP contribution in [0.4, 0.5) is 5.82 Å². The summed E-state index contributed by atoms with van der Waals surface area (Å²) in [5.74, 6) is 0.0701. The summed E-state index contributed by atoms with van der Waals surface area (Å²) in [7, 11) is 0. The molecule has 70 valence electrons. The summed E-state index contributed by atoms with van der Waals surface area (Å²) < 4.78 is 0. The third-order valence-corrected chi connectivity index (χ3v) is 1.89. The average molecular weight is 179 g/mol. The van der Waals surface area contributed by atoms with Gasteiger partial charge in [0.2, 0.25) is 5.91 Å². The smallest absolute Gasteiger partial charge is 0.223 e. The first-order valence-corrected chi connectivity index (χ1v) is 4.01. The second-order valence-electron chi connectivity index (χ2n) is 3.10. The number of carbonyl (C=O) groups is 1. The number of nitrogen functional groups attached to an aromatic ring is 1. The summed E-state index contributed by atoms with van der Waals surface area (Å²) in [6.45, 7) is 3.76. The first-order chi connectivity index (χ1) is 6.00. The van der Waals surface area contributed by atoms with E-state index in [1.165, 1.54) is 0 Å². The lowest BCUT2D eigenvalue weighted by atomic mass is 10.1. The number of nitrogens with zero attached hydrogens (tertiary/aromatic N) is 1. The Hall–Kier alpha value is -1.58. The Morgan fingerprint density at radius 2 is 2.08 bits per heavy atom. The minimum atomic E-state index is -0.390. The Bertz CT molecular complexity index is 347. The molecule has 0 aliphatic rings. The van der Waals surface area contributed by atoms with Crippen LogP contribution in [0.5, 0.6) is 0 Å². The van der Waals surface area contributed by atoms with E-state index in [0.29, 0.717) is 11.5 Å². The number of aryl methyl sites for hydroxylation is 2. The van der Waals surface area contributed by atoms with Crippen LogP contribution in [0.2, 0.25) is 0 Å². The van der Waals surface area contributed by atoms with Gasteiger partial charge in [-0.3, -0.25) is 4.79 Å². The summed E-state index contributed by atoms with van der Waals surface area (Å²) in [4.78, 5) is 14.7. The molecule has 0 bridgehead atoms. The van der Waals surface area contributed by atoms with Crippen molar-refractivity contribution in [2.75, 3.05) is 5.73 Å². The van der Waals surface area contributed by atoms with Crippen molar-refractivity contribution in [3.8, 4) is 0 Å². The second-order valence-corrected chi connectivity index (χ2v) is 3.10. The quantitative estimate of drug-likeness (QED) is 0.685. The predicted octanol–water partition coefficient (Wildman–Crippen LogP) is 0.308. The predicted molar refractivity (Wildman–Crippen MR) is 51.0 cm³/mol. The number of primary amides is 1. The number of hydrogen-bond donors (Lipinski definition) is 2. The topological polar surface area (TPSA) is 82.0 Å². The monoisotopic (exact) mass is 179 g/mol. The Kier molecular flexibility index (Phi) is 2.51. The molecular weight excluding hydrogens is 166 g/mol. The van der Waals surface area contributed by atoms with E-state index >= 15 is 0 Å². The maximum absolute atomic E-state index is 10.7. The highest BCUT2D eigenvalue weighted by Gasteiger charge is 2.06. The highest BCUT2D eigenvalue weighted by atomic mass is 16.1. The Morgan fingerprint density at radius 1 is 1.46 bits per heavy atom. The molecule has 0 radical (unpaired) electrons. The van der Waals surface area contributed by atoms with E-state index in [1.807, 2.05) is 19.9 Å². The Morgan fingerprint density at radius 3 is 2.62 bits per heavy atom. The van der Waals surface area contributed by atoms with Gasteiger partial charge in [-0.05, 0) is 25.0 Å². The van der Waals surface area contributed by atoms with E-state index in [1.54, 1.807) is 0 Å². The normalized spacial score (nSPS) is 10.0. The summed E-state index contributed by atoms with van der Waals surface area (Å²) in [5, 5.41) is 0. The molecule has 0 saturated heterocycles. The van der Waals surface area contributed by atoms with Crippen molar-refractivity contribution in [2.24, 2.45) is 5.73 Å². The number of carbonyl (C=O) groups excluding carboxylic acids is 1. The summed E-state index contributed by atoms with van der Waals surface area (Å²) in [5.41, 5.74) is 13.2. The Labute approximate surface area is 77.0 Å². The first kappa shape index (κ1) is 9.51. The van der Waals surface area contributed by atoms with Crippen LogP contribution in [0, 0.1) is 13.8 Å². The van der Waals surface area contributed by atoms with E-state index in [-0.39, 0.29) is 12.3 Å². The molecule has 0 aliphatic carbocycles. The molecule has 1 heterocycles. The van der Waals surface area contributed by atoms with Crippen LogP contribution < -0.4 is 11.5 Å². The summed E-state index contributed by atoms with van der Waals surface area (Å²) in [6, 6.07) is 1.90. The van der Waals surface area contributed by atoms with Crippen LogP contribution in [0.3, 0.4) is 0 Å². The van der Waals surface area contributed by atoms with Crippen molar-refractivity contribution in [1.82, 2.24) is 4.98 Å². The van der Waals surface area contributed by atoms with Gasteiger partial charge in [0, 0.05) is 0 Å². The zero-order valence-electron chi connectivity index (χ0n) is 7.79. The molecule has 4 N–H and O–H groups in total. The lowest BCUT2D eigenvalue weighted by molar-refractivity contribution is -0.117. The number of nitrogens with two attached hydrogens (primary N) is 2. The molecule has 0 atom stereocenters. The van der Waals surface area contributed by atoms with Gasteiger partial charge in [0.15, 0.2) is 0 Å². The molecule has 13 heavy (non-hydrogen) atoms. The number of amides is 1. The highest BCUT2D eigenvalue weighted by molar-refractivity contribution is 5.76. The fourth-order valence-electron chi connectivity index (χ4n) is 1.15. The van der Waals surface area contributed by atoms with Gasteiger partial charge >= 0.3 is 0 Å². The van der Waals surface area contributed by atoms with Gasteiger partial charge in [-0.15, -0.1) is 0 Å². The molecule has 4 heteroatoms. The lowest BCUT2D eigenvalue weighted by Crippen LogP contribution is -2.16. The van der Waals surface area contributed by atoms with Crippen LogP contribution in [0.15, 0.2) is 6.07 Å². The Balaban J connectivity index is 3.08. The number of rotatable bonds is 2. The highest BCUT2D eigenvalue weighted by Crippen LogP contribution is 2.13. The zero-order chi connectivity index (χ0) is 10.0. The van der Waals surface area contributed by atoms with E-state index in [9.17, 15) is 4.79 Å². The van der Waals surface area contributed by atoms with Crippen molar-refractivity contribution >= 4 is 11.7 Å². The van der Waals surface area contributed by atoms with Crippen LogP contribution in [-0.2, 0) is 11.2 Å². The van der Waals surface area contributed by atoms with Crippen LogP contribution >= 0.6 is 0 Å². The van der Waals surface area contributed by atoms with Gasteiger partial charge in [0.25, 0.3) is 0 Å². The van der Waals surface area contributed by atoms with Crippen molar-refractivity contribution in [3.63, 3.8) is 0 Å². The average Bonchev–Trinajstić information content (AvgIpc) is 1.99. The SMILES string of the molecule is Cc1cc(C)c(CC(N)=O)nc1N. The van der Waals surface area contributed by atoms with Crippen molar-refractivity contribution < 1.29 is 4.79 Å². The fraction of sp³-hybridized carbons (Fsp3) is 0.333. The molecular formula is C9H13N3O. The molecule has 0 fully saturated rings. The minimum Gasteiger partial charge on any atom is -0.383 e. The van der Waals surface area contributed by atoms with Crippen LogP contribution in [0.1, 0.15) is 16.8 Å². The number of hydrogen-bond acceptors (Lipinski definition) is 3. The maximum Gasteiger partial charge on any atom is 0.223 e. The molecule has 1 aromatic rings. The van der Waals surface area contributed by atoms with Gasteiger partial charge in [0.05, 0.1) is 12.1 Å². The van der Waals surface area contributed by atoms with Gasteiger partial charge in [0.1, 0.15) is 5.82 Å². The van der Waals surface area contributed by atoms with Crippen molar-refractivity contribution in [2.45, 2.75) is 20.3 Å². The maximum atomic E-state index is 10.7. The molecule has 1 amide bonds. The van der Waals surface area contributed by atoms with Crippen LogP contribution in [-0.4, -0.2) is 10.9 Å². The standard InChI is InChI=1S/C9H13N3O/c1-5-3-6(2)9(11)12-7(5)4-8(10)13/h3H,4H2,1-2H3,(H2,10,13)(H2,11,12). The van der Waals surface area contributed by atoms with Gasteiger partial charge in [-0.1, -0.05) is 6.07 Å². The summed E-state index contributed by atoms with van der Waals surface area (Å²) in [6.07, 6.45) is 0.149. The fourth-order valence-corrected chi connectivity index (χ4v) is 1.15. The number of anilines is 1. The number of aromatic nitrogens is 1. The lowest BCUT2D eigenvalue weighted by Gasteiger charge is -2.06. The van der Waals surface area contributed by atoms with Crippen LogP contribution in [0.25, 0.3) is 0 Å². The van der Waals surface area contributed by atoms with Crippen molar-refractivity contribution in [3.05, 3.63) is 22.9 Å². The molecule has 0 aromatic carbocycles. The molecule has 0 saturated carbocycles. The molecule has 0 aliphatic heterocycles. The summed E-state index contributed by atoms with van der Waals surface area (Å²) >= 11 is 0. The first-order valence-electron chi connectivity index (χ1n) is 4.01. The van der Waals surface area contributed by atoms with Gasteiger partial charge < -0.3 is 11.5 Å². The second kappa shape index (κ2) is 3.43. The molecule has 1 aromatic heterocycles. The third-order valence-electron chi connectivity index (χ3n) is 1.89. The minimum absolute atomic E-state index is 0.149. The third kappa shape index (κ3) is 2.18. The molecule has 0 unspecified atom stereocenters. The van der Waals surface area contributed by atoms with Gasteiger partial charge in [-0.25, -0.2) is 4.98 Å². The van der Waals surface area contributed by atoms with E-state index in [0.717, 1.165) is 11.1 Å². The number of pyridine rings is 1. The van der Waals surface area contributed by atoms with Crippen molar-refractivity contribution in [1.29, 1.82) is 0 Å².